The number of carbonyl (C=O) groups excluding carboxylic acids is 2. The lowest BCUT2D eigenvalue weighted by molar-refractivity contribution is 0.00563. The number of hydrogen-bond donors (Lipinski definition) is 0. The van der Waals surface area contributed by atoms with Crippen LogP contribution in [0.1, 0.15) is 51.9 Å². The number of ether oxygens (including phenoxy) is 3. The van der Waals surface area contributed by atoms with Crippen LogP contribution in [0.4, 0.5) is 4.79 Å². The van der Waals surface area contributed by atoms with Crippen LogP contribution in [0, 0.1) is 0 Å². The van der Waals surface area contributed by atoms with Crippen LogP contribution >= 0.6 is 27.7 Å². The molecule has 1 aromatic carbocycles. The minimum Gasteiger partial charge on any atom is -0.456 e. The monoisotopic (exact) mass is 418 g/mol. The molecule has 1 rings (SSSR count). The van der Waals surface area contributed by atoms with Gasteiger partial charge in [0.25, 0.3) is 0 Å². The third-order valence-electron chi connectivity index (χ3n) is 2.47. The van der Waals surface area contributed by atoms with Crippen molar-refractivity contribution < 1.29 is 23.8 Å². The molecule has 0 saturated carbocycles. The topological polar surface area (TPSA) is 61.8 Å². The molecule has 0 spiro atoms. The SMILES string of the molecule is CSc1ccc(Br)c(OC(=O)OC(C)(C)C)c1C(=O)OC(C)(C)C. The summed E-state index contributed by atoms with van der Waals surface area (Å²) < 4.78 is 16.4. The fourth-order valence-corrected chi connectivity index (χ4v) is 2.68. The molecule has 0 saturated heterocycles. The molecule has 0 amide bonds. The van der Waals surface area contributed by atoms with Crippen molar-refractivity contribution in [1.29, 1.82) is 0 Å². The first-order chi connectivity index (χ1) is 10.8. The van der Waals surface area contributed by atoms with E-state index in [4.69, 9.17) is 14.2 Å². The van der Waals surface area contributed by atoms with E-state index in [-0.39, 0.29) is 11.3 Å². The van der Waals surface area contributed by atoms with Gasteiger partial charge in [0, 0.05) is 4.90 Å². The Labute approximate surface area is 155 Å². The molecule has 1 aromatic rings. The molecule has 0 aromatic heterocycles. The van der Waals surface area contributed by atoms with Gasteiger partial charge in [0.15, 0.2) is 5.75 Å². The lowest BCUT2D eigenvalue weighted by atomic mass is 10.1. The number of rotatable bonds is 3. The molecule has 0 aliphatic heterocycles. The number of carbonyl (C=O) groups is 2. The summed E-state index contributed by atoms with van der Waals surface area (Å²) in [6.45, 7) is 10.5. The molecule has 0 aliphatic rings. The van der Waals surface area contributed by atoms with Gasteiger partial charge in [-0.15, -0.1) is 11.8 Å². The smallest absolute Gasteiger partial charge is 0.456 e. The Morgan fingerprint density at radius 1 is 1.00 bits per heavy atom. The number of halogens is 1. The zero-order valence-electron chi connectivity index (χ0n) is 15.0. The third-order valence-corrected chi connectivity index (χ3v) is 3.87. The zero-order valence-corrected chi connectivity index (χ0v) is 17.4. The summed E-state index contributed by atoms with van der Waals surface area (Å²) in [4.78, 5) is 25.3. The van der Waals surface area contributed by atoms with E-state index in [1.54, 1.807) is 53.7 Å². The first-order valence-corrected chi connectivity index (χ1v) is 9.36. The fraction of sp³-hybridized carbons (Fsp3) is 0.529. The van der Waals surface area contributed by atoms with Crippen molar-refractivity contribution in [1.82, 2.24) is 0 Å². The van der Waals surface area contributed by atoms with E-state index in [2.05, 4.69) is 15.9 Å². The second-order valence-electron chi connectivity index (χ2n) is 7.02. The van der Waals surface area contributed by atoms with Gasteiger partial charge in [-0.25, -0.2) is 9.59 Å². The van der Waals surface area contributed by atoms with Gasteiger partial charge in [0.05, 0.1) is 4.47 Å². The molecule has 24 heavy (non-hydrogen) atoms. The number of esters is 1. The lowest BCUT2D eigenvalue weighted by Gasteiger charge is -2.23. The van der Waals surface area contributed by atoms with E-state index in [0.717, 1.165) is 0 Å². The lowest BCUT2D eigenvalue weighted by Crippen LogP contribution is -2.28. The van der Waals surface area contributed by atoms with Gasteiger partial charge in [0.1, 0.15) is 16.8 Å². The first kappa shape index (κ1) is 20.8. The molecular weight excluding hydrogens is 396 g/mol. The molecule has 0 N–H and O–H groups in total. The van der Waals surface area contributed by atoms with Gasteiger partial charge in [-0.2, -0.15) is 0 Å². The molecule has 5 nitrogen and oxygen atoms in total. The second kappa shape index (κ2) is 7.78. The van der Waals surface area contributed by atoms with Gasteiger partial charge < -0.3 is 14.2 Å². The Morgan fingerprint density at radius 3 is 2.00 bits per heavy atom. The van der Waals surface area contributed by atoms with Crippen LogP contribution in [0.15, 0.2) is 21.5 Å². The van der Waals surface area contributed by atoms with E-state index >= 15 is 0 Å². The van der Waals surface area contributed by atoms with Crippen molar-refractivity contribution in [3.63, 3.8) is 0 Å². The Kier molecular flexibility index (Phi) is 6.75. The maximum atomic E-state index is 12.6. The largest absolute Gasteiger partial charge is 0.514 e. The summed E-state index contributed by atoms with van der Waals surface area (Å²) in [5.41, 5.74) is -1.18. The molecule has 0 atom stereocenters. The van der Waals surface area contributed by atoms with E-state index in [0.29, 0.717) is 9.37 Å². The zero-order chi connectivity index (χ0) is 18.7. The summed E-state index contributed by atoms with van der Waals surface area (Å²) in [6, 6.07) is 3.47. The number of benzene rings is 1. The Bertz CT molecular complexity index is 629. The first-order valence-electron chi connectivity index (χ1n) is 7.35. The summed E-state index contributed by atoms with van der Waals surface area (Å²) in [7, 11) is 0. The predicted octanol–water partition coefficient (Wildman–Crippen LogP) is 5.44. The highest BCUT2D eigenvalue weighted by molar-refractivity contribution is 9.10. The minimum atomic E-state index is -0.883. The van der Waals surface area contributed by atoms with Crippen molar-refractivity contribution in [3.05, 3.63) is 22.2 Å². The second-order valence-corrected chi connectivity index (χ2v) is 8.72. The van der Waals surface area contributed by atoms with Crippen LogP contribution in [-0.4, -0.2) is 29.6 Å². The quantitative estimate of drug-likeness (QED) is 0.369. The van der Waals surface area contributed by atoms with E-state index in [9.17, 15) is 9.59 Å². The highest BCUT2D eigenvalue weighted by Gasteiger charge is 2.28. The van der Waals surface area contributed by atoms with Gasteiger partial charge in [-0.3, -0.25) is 0 Å². The van der Waals surface area contributed by atoms with Gasteiger partial charge >= 0.3 is 12.1 Å². The Balaban J connectivity index is 3.28. The number of thioether (sulfide) groups is 1. The highest BCUT2D eigenvalue weighted by Crippen LogP contribution is 2.37. The molecule has 134 valence electrons. The summed E-state index contributed by atoms with van der Waals surface area (Å²) in [5.74, 6) is -0.475. The van der Waals surface area contributed by atoms with Gasteiger partial charge in [0.2, 0.25) is 0 Å². The highest BCUT2D eigenvalue weighted by atomic mass is 79.9. The van der Waals surface area contributed by atoms with Crippen molar-refractivity contribution in [2.45, 2.75) is 57.6 Å². The van der Waals surface area contributed by atoms with Crippen molar-refractivity contribution in [2.24, 2.45) is 0 Å². The maximum Gasteiger partial charge on any atom is 0.514 e. The molecule has 7 heteroatoms. The molecule has 0 heterocycles. The van der Waals surface area contributed by atoms with Crippen LogP contribution in [0.2, 0.25) is 0 Å². The summed E-state index contributed by atoms with van der Waals surface area (Å²) in [6.07, 6.45) is 0.945. The average molecular weight is 419 g/mol. The van der Waals surface area contributed by atoms with Crippen LogP contribution in [0.5, 0.6) is 5.75 Å². The van der Waals surface area contributed by atoms with Gasteiger partial charge in [-0.1, -0.05) is 0 Å². The predicted molar refractivity (Wildman–Crippen MR) is 98.0 cm³/mol. The molecule has 0 unspecified atom stereocenters. The van der Waals surface area contributed by atoms with E-state index < -0.39 is 23.3 Å². The van der Waals surface area contributed by atoms with Crippen molar-refractivity contribution >= 4 is 39.8 Å². The van der Waals surface area contributed by atoms with Crippen LogP contribution in [0.3, 0.4) is 0 Å². The summed E-state index contributed by atoms with van der Waals surface area (Å²) >= 11 is 4.68. The van der Waals surface area contributed by atoms with Crippen molar-refractivity contribution in [3.8, 4) is 5.75 Å². The van der Waals surface area contributed by atoms with Crippen LogP contribution < -0.4 is 4.74 Å². The number of hydrogen-bond acceptors (Lipinski definition) is 6. The van der Waals surface area contributed by atoms with E-state index in [1.807, 2.05) is 6.26 Å². The molecule has 0 radical (unpaired) electrons. The van der Waals surface area contributed by atoms with Gasteiger partial charge in [-0.05, 0) is 75.9 Å². The Hall–Kier alpha value is -1.21. The fourth-order valence-electron chi connectivity index (χ4n) is 1.69. The Morgan fingerprint density at radius 2 is 1.54 bits per heavy atom. The van der Waals surface area contributed by atoms with E-state index in [1.165, 1.54) is 11.8 Å². The van der Waals surface area contributed by atoms with Crippen molar-refractivity contribution in [2.75, 3.05) is 6.26 Å². The summed E-state index contributed by atoms with van der Waals surface area (Å²) in [5, 5.41) is 0. The maximum absolute atomic E-state index is 12.6. The van der Waals surface area contributed by atoms with Crippen LogP contribution in [0.25, 0.3) is 0 Å². The molecule has 0 aliphatic carbocycles. The average Bonchev–Trinajstić information content (AvgIpc) is 2.36. The standard InChI is InChI=1S/C17H23BrO5S/c1-16(2,3)22-14(19)12-11(24-7)9-8-10(18)13(12)21-15(20)23-17(4,5)6/h8-9H,1-7H3. The molecule has 0 fully saturated rings. The molecular formula is C17H23BrO5S. The van der Waals surface area contributed by atoms with Crippen LogP contribution in [-0.2, 0) is 9.47 Å². The normalized spacial score (nSPS) is 11.8. The molecule has 0 bridgehead atoms. The minimum absolute atomic E-state index is 0.0883. The third kappa shape index (κ3) is 6.36.